The number of sulfonamides is 1. The van der Waals surface area contributed by atoms with E-state index in [1.807, 2.05) is 43.3 Å². The summed E-state index contributed by atoms with van der Waals surface area (Å²) in [6.45, 7) is 1.97. The van der Waals surface area contributed by atoms with Gasteiger partial charge < -0.3 is 4.42 Å². The van der Waals surface area contributed by atoms with Crippen molar-refractivity contribution in [2.75, 3.05) is 4.72 Å². The summed E-state index contributed by atoms with van der Waals surface area (Å²) >= 11 is 0. The van der Waals surface area contributed by atoms with Crippen LogP contribution in [-0.2, 0) is 21.2 Å². The highest BCUT2D eigenvalue weighted by Gasteiger charge is 2.43. The van der Waals surface area contributed by atoms with Gasteiger partial charge in [-0.2, -0.15) is 0 Å². The summed E-state index contributed by atoms with van der Waals surface area (Å²) in [7, 11) is -3.88. The highest BCUT2D eigenvalue weighted by molar-refractivity contribution is 7.92. The molecule has 3 aromatic carbocycles. The van der Waals surface area contributed by atoms with Crippen LogP contribution >= 0.6 is 0 Å². The van der Waals surface area contributed by atoms with Crippen molar-refractivity contribution < 1.29 is 17.6 Å². The first-order chi connectivity index (χ1) is 16.3. The molecule has 1 heterocycles. The summed E-state index contributed by atoms with van der Waals surface area (Å²) in [5, 5.41) is 8.14. The maximum Gasteiger partial charge on any atom is 0.261 e. The predicted octanol–water partition coefficient (Wildman–Crippen LogP) is 5.12. The highest BCUT2D eigenvalue weighted by Crippen LogP contribution is 2.46. The van der Waals surface area contributed by atoms with Crippen LogP contribution in [0.4, 0.5) is 5.69 Å². The molecular formula is C26H23N3O4S. The Morgan fingerprint density at radius 3 is 2.32 bits per heavy atom. The fourth-order valence-electron chi connectivity index (χ4n) is 3.66. The van der Waals surface area contributed by atoms with Gasteiger partial charge in [0.15, 0.2) is 0 Å². The largest absolute Gasteiger partial charge is 0.416 e. The van der Waals surface area contributed by atoms with Crippen LogP contribution < -0.4 is 4.72 Å². The average molecular weight is 474 g/mol. The molecule has 34 heavy (non-hydrogen) atoms. The van der Waals surface area contributed by atoms with E-state index in [2.05, 4.69) is 14.9 Å². The van der Waals surface area contributed by atoms with E-state index in [1.165, 1.54) is 12.1 Å². The molecule has 4 aromatic rings. The molecule has 1 aromatic heterocycles. The first-order valence-electron chi connectivity index (χ1n) is 11.0. The van der Waals surface area contributed by atoms with Crippen molar-refractivity contribution >= 4 is 21.5 Å². The minimum atomic E-state index is -3.88. The van der Waals surface area contributed by atoms with Gasteiger partial charge in [-0.3, -0.25) is 9.52 Å². The molecule has 8 heteroatoms. The van der Waals surface area contributed by atoms with Gasteiger partial charge in [0, 0.05) is 28.7 Å². The lowest BCUT2D eigenvalue weighted by atomic mass is 9.97. The quantitative estimate of drug-likeness (QED) is 0.381. The van der Waals surface area contributed by atoms with Crippen LogP contribution in [0.2, 0.25) is 0 Å². The molecule has 1 aliphatic carbocycles. The standard InChI is InChI=1S/C26H23N3O4S/c1-26(13-14-26)23(30)16-18-7-5-11-21(15-18)29-34(31,32)22-12-6-10-20(17-22)25-28-27-24(33-25)19-8-3-2-4-9-19/h2-12,15,17,29H,13-14,16H2,1H3. The summed E-state index contributed by atoms with van der Waals surface area (Å²) in [5.41, 5.74) is 2.24. The molecular weight excluding hydrogens is 450 g/mol. The molecule has 0 bridgehead atoms. The van der Waals surface area contributed by atoms with E-state index < -0.39 is 10.0 Å². The van der Waals surface area contributed by atoms with Crippen LogP contribution in [0.3, 0.4) is 0 Å². The lowest BCUT2D eigenvalue weighted by Crippen LogP contribution is -2.15. The number of Topliss-reactive ketones (excluding diaryl/α,β-unsaturated/α-hetero) is 1. The monoisotopic (exact) mass is 473 g/mol. The second kappa shape index (κ2) is 8.53. The smallest absolute Gasteiger partial charge is 0.261 e. The molecule has 1 N–H and O–H groups in total. The number of nitrogens with one attached hydrogen (secondary N) is 1. The number of rotatable bonds is 8. The normalized spacial score (nSPS) is 14.5. The number of hydrogen-bond acceptors (Lipinski definition) is 6. The SMILES string of the molecule is CC1(C(=O)Cc2cccc(NS(=O)(=O)c3cccc(-c4nnc(-c5ccccc5)o4)c3)c2)CC1. The van der Waals surface area contributed by atoms with Crippen molar-refractivity contribution in [1.29, 1.82) is 0 Å². The van der Waals surface area contributed by atoms with Crippen molar-refractivity contribution in [1.82, 2.24) is 10.2 Å². The Hall–Kier alpha value is -3.78. The van der Waals surface area contributed by atoms with Gasteiger partial charge in [0.2, 0.25) is 11.8 Å². The van der Waals surface area contributed by atoms with E-state index in [0.29, 0.717) is 23.6 Å². The number of carbonyl (C=O) groups excluding carboxylic acids is 1. The van der Waals surface area contributed by atoms with Gasteiger partial charge in [-0.05, 0) is 60.9 Å². The van der Waals surface area contributed by atoms with Crippen LogP contribution in [0.5, 0.6) is 0 Å². The van der Waals surface area contributed by atoms with E-state index in [9.17, 15) is 13.2 Å². The molecule has 0 amide bonds. The van der Waals surface area contributed by atoms with E-state index in [1.54, 1.807) is 30.3 Å². The van der Waals surface area contributed by atoms with Gasteiger partial charge in [0.05, 0.1) is 4.90 Å². The first-order valence-corrected chi connectivity index (χ1v) is 12.5. The van der Waals surface area contributed by atoms with E-state index in [0.717, 1.165) is 24.0 Å². The lowest BCUT2D eigenvalue weighted by Gasteiger charge is -2.11. The molecule has 0 radical (unpaired) electrons. The Labute approximate surface area is 197 Å². The van der Waals surface area contributed by atoms with Crippen LogP contribution in [0.15, 0.2) is 88.2 Å². The number of nitrogens with zero attached hydrogens (tertiary/aromatic N) is 2. The Morgan fingerprint density at radius 1 is 0.912 bits per heavy atom. The number of benzene rings is 3. The Balaban J connectivity index is 1.35. The minimum absolute atomic E-state index is 0.0661. The molecule has 1 fully saturated rings. The van der Waals surface area contributed by atoms with Gasteiger partial charge in [-0.25, -0.2) is 8.42 Å². The van der Waals surface area contributed by atoms with Crippen LogP contribution in [-0.4, -0.2) is 24.4 Å². The number of anilines is 1. The van der Waals surface area contributed by atoms with Gasteiger partial charge in [-0.15, -0.1) is 10.2 Å². The lowest BCUT2D eigenvalue weighted by molar-refractivity contribution is -0.122. The first kappa shape index (κ1) is 22.0. The predicted molar refractivity (Wildman–Crippen MR) is 128 cm³/mol. The van der Waals surface area contributed by atoms with Gasteiger partial charge >= 0.3 is 0 Å². The van der Waals surface area contributed by atoms with Crippen LogP contribution in [0.1, 0.15) is 25.3 Å². The fourth-order valence-corrected chi connectivity index (χ4v) is 4.75. The molecule has 1 saturated carbocycles. The zero-order valence-corrected chi connectivity index (χ0v) is 19.4. The van der Waals surface area contributed by atoms with Crippen molar-refractivity contribution in [3.63, 3.8) is 0 Å². The maximum atomic E-state index is 13.1. The van der Waals surface area contributed by atoms with E-state index in [-0.39, 0.29) is 22.0 Å². The molecule has 7 nitrogen and oxygen atoms in total. The Morgan fingerprint density at radius 2 is 1.59 bits per heavy atom. The number of carbonyl (C=O) groups is 1. The third kappa shape index (κ3) is 4.63. The Bertz CT molecular complexity index is 1460. The van der Waals surface area contributed by atoms with Crippen molar-refractivity contribution in [3.05, 3.63) is 84.4 Å². The third-order valence-electron chi connectivity index (χ3n) is 6.05. The molecule has 5 rings (SSSR count). The Kier molecular flexibility index (Phi) is 5.53. The van der Waals surface area contributed by atoms with Crippen LogP contribution in [0.25, 0.3) is 22.9 Å². The molecule has 1 aliphatic rings. The van der Waals surface area contributed by atoms with Crippen molar-refractivity contribution in [3.8, 4) is 22.9 Å². The van der Waals surface area contributed by atoms with Gasteiger partial charge in [0.25, 0.3) is 10.0 Å². The zero-order chi connectivity index (χ0) is 23.8. The number of hydrogen-bond donors (Lipinski definition) is 1. The second-order valence-corrected chi connectivity index (χ2v) is 10.5. The molecule has 172 valence electrons. The summed E-state index contributed by atoms with van der Waals surface area (Å²) in [5.74, 6) is 0.771. The minimum Gasteiger partial charge on any atom is -0.416 e. The summed E-state index contributed by atoms with van der Waals surface area (Å²) in [4.78, 5) is 12.5. The molecule has 0 unspecified atom stereocenters. The average Bonchev–Trinajstić information content (AvgIpc) is 3.40. The van der Waals surface area contributed by atoms with Crippen molar-refractivity contribution in [2.24, 2.45) is 5.41 Å². The number of aromatic nitrogens is 2. The molecule has 0 spiro atoms. The van der Waals surface area contributed by atoms with Crippen molar-refractivity contribution in [2.45, 2.75) is 31.1 Å². The zero-order valence-electron chi connectivity index (χ0n) is 18.6. The summed E-state index contributed by atoms with van der Waals surface area (Å²) in [6, 6.07) is 22.6. The molecule has 0 atom stereocenters. The molecule has 0 saturated heterocycles. The van der Waals surface area contributed by atoms with Gasteiger partial charge in [-0.1, -0.05) is 43.3 Å². The van der Waals surface area contributed by atoms with E-state index in [4.69, 9.17) is 4.42 Å². The summed E-state index contributed by atoms with van der Waals surface area (Å²) < 4.78 is 34.5. The summed E-state index contributed by atoms with van der Waals surface area (Å²) in [6.07, 6.45) is 2.13. The topological polar surface area (TPSA) is 102 Å². The van der Waals surface area contributed by atoms with Gasteiger partial charge in [0.1, 0.15) is 5.78 Å². The second-order valence-electron chi connectivity index (χ2n) is 8.77. The molecule has 0 aliphatic heterocycles. The maximum absolute atomic E-state index is 13.1. The highest BCUT2D eigenvalue weighted by atomic mass is 32.2. The van der Waals surface area contributed by atoms with Crippen LogP contribution in [0, 0.1) is 5.41 Å². The number of ketones is 1. The van der Waals surface area contributed by atoms with E-state index >= 15 is 0 Å². The third-order valence-corrected chi connectivity index (χ3v) is 7.43. The fraction of sp³-hybridized carbons (Fsp3) is 0.192.